The second kappa shape index (κ2) is 7.79. The monoisotopic (exact) mass is 414 g/mol. The number of alkyl halides is 3. The van der Waals surface area contributed by atoms with E-state index in [-0.39, 0.29) is 42.3 Å². The van der Waals surface area contributed by atoms with Gasteiger partial charge in [0, 0.05) is 36.8 Å². The zero-order valence-electron chi connectivity index (χ0n) is 14.5. The Hall–Kier alpha value is -2.61. The normalized spacial score (nSPS) is 14.9. The molecular formula is C19H15ClF4N2O2. The van der Waals surface area contributed by atoms with E-state index in [4.69, 9.17) is 11.6 Å². The number of halogens is 5. The Balaban J connectivity index is 1.64. The lowest BCUT2D eigenvalue weighted by Crippen LogP contribution is -2.50. The van der Waals surface area contributed by atoms with Gasteiger partial charge in [-0.25, -0.2) is 4.39 Å². The summed E-state index contributed by atoms with van der Waals surface area (Å²) in [5.41, 5.74) is -0.841. The maximum atomic E-state index is 13.9. The van der Waals surface area contributed by atoms with Crippen LogP contribution in [0, 0.1) is 5.82 Å². The van der Waals surface area contributed by atoms with Gasteiger partial charge in [-0.3, -0.25) is 9.59 Å². The summed E-state index contributed by atoms with van der Waals surface area (Å²) >= 11 is 5.81. The Bertz CT molecular complexity index is 892. The van der Waals surface area contributed by atoms with Gasteiger partial charge in [0.05, 0.1) is 11.1 Å². The molecule has 1 fully saturated rings. The van der Waals surface area contributed by atoms with Gasteiger partial charge in [0.25, 0.3) is 11.8 Å². The highest BCUT2D eigenvalue weighted by molar-refractivity contribution is 6.31. The molecule has 148 valence electrons. The molecule has 0 unspecified atom stereocenters. The summed E-state index contributed by atoms with van der Waals surface area (Å²) in [5, 5.41) is 0.237. The van der Waals surface area contributed by atoms with Crippen molar-refractivity contribution in [1.29, 1.82) is 0 Å². The molecule has 1 saturated heterocycles. The topological polar surface area (TPSA) is 40.6 Å². The van der Waals surface area contributed by atoms with Gasteiger partial charge < -0.3 is 9.80 Å². The Kier molecular flexibility index (Phi) is 5.60. The van der Waals surface area contributed by atoms with Gasteiger partial charge in [-0.15, -0.1) is 0 Å². The van der Waals surface area contributed by atoms with Crippen molar-refractivity contribution in [2.24, 2.45) is 0 Å². The first kappa shape index (κ1) is 20.1. The Morgan fingerprint density at radius 1 is 0.857 bits per heavy atom. The number of hydrogen-bond donors (Lipinski definition) is 0. The summed E-state index contributed by atoms with van der Waals surface area (Å²) in [5.74, 6) is -1.63. The SMILES string of the molecule is O=C(c1ccc(C(F)(F)F)cc1)N1CCN(C(=O)c2cc(Cl)ccc2F)CC1. The van der Waals surface area contributed by atoms with Crippen LogP contribution in [0.5, 0.6) is 0 Å². The maximum Gasteiger partial charge on any atom is 0.416 e. The molecule has 9 heteroatoms. The van der Waals surface area contributed by atoms with Crippen molar-refractivity contribution in [3.8, 4) is 0 Å². The van der Waals surface area contributed by atoms with Gasteiger partial charge in [0.2, 0.25) is 0 Å². The average molecular weight is 415 g/mol. The van der Waals surface area contributed by atoms with Gasteiger partial charge in [-0.1, -0.05) is 11.6 Å². The van der Waals surface area contributed by atoms with Crippen LogP contribution in [0.15, 0.2) is 42.5 Å². The van der Waals surface area contributed by atoms with E-state index in [1.807, 2.05) is 0 Å². The second-order valence-electron chi connectivity index (χ2n) is 6.28. The van der Waals surface area contributed by atoms with Crippen molar-refractivity contribution in [3.05, 3.63) is 70.0 Å². The summed E-state index contributed by atoms with van der Waals surface area (Å²) in [4.78, 5) is 27.8. The van der Waals surface area contributed by atoms with E-state index < -0.39 is 29.4 Å². The van der Waals surface area contributed by atoms with Gasteiger partial charge in [0.1, 0.15) is 5.82 Å². The first-order valence-electron chi connectivity index (χ1n) is 8.37. The van der Waals surface area contributed by atoms with E-state index in [0.29, 0.717) is 0 Å². The number of carbonyl (C=O) groups excluding carboxylic acids is 2. The second-order valence-corrected chi connectivity index (χ2v) is 6.72. The first-order valence-corrected chi connectivity index (χ1v) is 8.75. The van der Waals surface area contributed by atoms with Crippen molar-refractivity contribution in [3.63, 3.8) is 0 Å². The van der Waals surface area contributed by atoms with Gasteiger partial charge >= 0.3 is 6.18 Å². The first-order chi connectivity index (χ1) is 13.2. The van der Waals surface area contributed by atoms with Crippen LogP contribution < -0.4 is 0 Å². The zero-order valence-corrected chi connectivity index (χ0v) is 15.2. The van der Waals surface area contributed by atoms with Crippen molar-refractivity contribution >= 4 is 23.4 Å². The molecule has 0 radical (unpaired) electrons. The number of amides is 2. The zero-order chi connectivity index (χ0) is 20.5. The molecule has 0 atom stereocenters. The van der Waals surface area contributed by atoms with Crippen LogP contribution in [0.4, 0.5) is 17.6 Å². The van der Waals surface area contributed by atoms with E-state index in [0.717, 1.165) is 30.3 Å². The lowest BCUT2D eigenvalue weighted by atomic mass is 10.1. The van der Waals surface area contributed by atoms with Crippen molar-refractivity contribution < 1.29 is 27.2 Å². The molecule has 0 aromatic heterocycles. The fraction of sp³-hybridized carbons (Fsp3) is 0.263. The third-order valence-electron chi connectivity index (χ3n) is 4.47. The van der Waals surface area contributed by atoms with Crippen LogP contribution in [-0.4, -0.2) is 47.8 Å². The lowest BCUT2D eigenvalue weighted by Gasteiger charge is -2.35. The van der Waals surface area contributed by atoms with E-state index in [2.05, 4.69) is 0 Å². The van der Waals surface area contributed by atoms with Gasteiger partial charge in [-0.2, -0.15) is 13.2 Å². The maximum absolute atomic E-state index is 13.9. The molecule has 2 amide bonds. The molecule has 4 nitrogen and oxygen atoms in total. The number of carbonyl (C=O) groups is 2. The average Bonchev–Trinajstić information content (AvgIpc) is 2.68. The number of nitrogens with zero attached hydrogens (tertiary/aromatic N) is 2. The molecule has 0 bridgehead atoms. The van der Waals surface area contributed by atoms with Crippen molar-refractivity contribution in [2.75, 3.05) is 26.2 Å². The Labute approximate surface area is 163 Å². The van der Waals surface area contributed by atoms with Crippen LogP contribution in [0.1, 0.15) is 26.3 Å². The minimum atomic E-state index is -4.47. The Morgan fingerprint density at radius 2 is 1.39 bits per heavy atom. The summed E-state index contributed by atoms with van der Waals surface area (Å²) < 4.78 is 51.7. The third-order valence-corrected chi connectivity index (χ3v) is 4.71. The van der Waals surface area contributed by atoms with Crippen LogP contribution in [0.25, 0.3) is 0 Å². The fourth-order valence-corrected chi connectivity index (χ4v) is 3.10. The quantitative estimate of drug-likeness (QED) is 0.694. The summed E-state index contributed by atoms with van der Waals surface area (Å²) in [7, 11) is 0. The van der Waals surface area contributed by atoms with Crippen LogP contribution in [0.3, 0.4) is 0 Å². The summed E-state index contributed by atoms with van der Waals surface area (Å²) in [6, 6.07) is 7.67. The summed E-state index contributed by atoms with van der Waals surface area (Å²) in [6.07, 6.45) is -4.47. The predicted octanol–water partition coefficient (Wildman–Crippen LogP) is 4.10. The molecule has 1 aliphatic heterocycles. The van der Waals surface area contributed by atoms with Crippen LogP contribution in [0.2, 0.25) is 5.02 Å². The number of benzene rings is 2. The third kappa shape index (κ3) is 4.27. The number of rotatable bonds is 2. The highest BCUT2D eigenvalue weighted by Gasteiger charge is 2.31. The minimum absolute atomic E-state index is 0.133. The number of hydrogen-bond acceptors (Lipinski definition) is 2. The van der Waals surface area contributed by atoms with E-state index >= 15 is 0 Å². The molecule has 2 aromatic rings. The molecule has 0 spiro atoms. The predicted molar refractivity (Wildman–Crippen MR) is 94.7 cm³/mol. The molecule has 1 aliphatic rings. The highest BCUT2D eigenvalue weighted by atomic mass is 35.5. The molecule has 28 heavy (non-hydrogen) atoms. The van der Waals surface area contributed by atoms with Gasteiger partial charge in [-0.05, 0) is 42.5 Å². The van der Waals surface area contributed by atoms with E-state index in [9.17, 15) is 27.2 Å². The molecule has 1 heterocycles. The standard InChI is InChI=1S/C19H15ClF4N2O2/c20-14-5-6-16(21)15(11-14)18(28)26-9-7-25(8-10-26)17(27)12-1-3-13(4-2-12)19(22,23)24/h1-6,11H,7-10H2. The molecule has 0 N–H and O–H groups in total. The minimum Gasteiger partial charge on any atom is -0.335 e. The molecule has 3 rings (SSSR count). The lowest BCUT2D eigenvalue weighted by molar-refractivity contribution is -0.137. The number of piperazine rings is 1. The highest BCUT2D eigenvalue weighted by Crippen LogP contribution is 2.29. The van der Waals surface area contributed by atoms with Crippen molar-refractivity contribution in [1.82, 2.24) is 9.80 Å². The van der Waals surface area contributed by atoms with E-state index in [1.165, 1.54) is 21.9 Å². The molecule has 2 aromatic carbocycles. The molecule has 0 saturated carbocycles. The smallest absolute Gasteiger partial charge is 0.335 e. The Morgan fingerprint density at radius 3 is 1.93 bits per heavy atom. The van der Waals surface area contributed by atoms with E-state index in [1.54, 1.807) is 0 Å². The summed E-state index contributed by atoms with van der Waals surface area (Å²) in [6.45, 7) is 0.732. The van der Waals surface area contributed by atoms with Crippen molar-refractivity contribution in [2.45, 2.75) is 6.18 Å². The fourth-order valence-electron chi connectivity index (χ4n) is 2.93. The van der Waals surface area contributed by atoms with Crippen LogP contribution >= 0.6 is 11.6 Å². The van der Waals surface area contributed by atoms with Gasteiger partial charge in [0.15, 0.2) is 0 Å². The molecular weight excluding hydrogens is 400 g/mol. The molecule has 0 aliphatic carbocycles. The largest absolute Gasteiger partial charge is 0.416 e. The van der Waals surface area contributed by atoms with Crippen LogP contribution in [-0.2, 0) is 6.18 Å².